The highest BCUT2D eigenvalue weighted by molar-refractivity contribution is 7.89. The molecule has 0 radical (unpaired) electrons. The highest BCUT2D eigenvalue weighted by Crippen LogP contribution is 2.29. The Hall–Kier alpha value is -2.58. The van der Waals surface area contributed by atoms with E-state index < -0.39 is 10.0 Å². The minimum Gasteiger partial charge on any atom is -0.493 e. The molecular formula is C19H24N2O5S. The monoisotopic (exact) mass is 392 g/mol. The number of carbonyl (C=O) groups excluding carboxylic acids is 1. The van der Waals surface area contributed by atoms with Crippen LogP contribution in [0.25, 0.3) is 0 Å². The Morgan fingerprint density at radius 1 is 1.00 bits per heavy atom. The molecule has 0 atom stereocenters. The SMILES string of the molecule is CCCCNS(=O)(=O)c1ccc(C(=O)Nc2ccc(OC)c(OC)c2)cc1. The van der Waals surface area contributed by atoms with Crippen LogP contribution in [0.15, 0.2) is 47.4 Å². The van der Waals surface area contributed by atoms with Gasteiger partial charge in [0.2, 0.25) is 10.0 Å². The van der Waals surface area contributed by atoms with E-state index in [0.717, 1.165) is 12.8 Å². The molecule has 2 rings (SSSR count). The third-order valence-electron chi connectivity index (χ3n) is 3.89. The molecule has 27 heavy (non-hydrogen) atoms. The number of unbranched alkanes of at least 4 members (excludes halogenated alkanes) is 1. The van der Waals surface area contributed by atoms with E-state index in [1.54, 1.807) is 18.2 Å². The number of carbonyl (C=O) groups is 1. The van der Waals surface area contributed by atoms with Crippen LogP contribution in [0.5, 0.6) is 11.5 Å². The number of amides is 1. The summed E-state index contributed by atoms with van der Waals surface area (Å²) >= 11 is 0. The smallest absolute Gasteiger partial charge is 0.255 e. The number of benzene rings is 2. The zero-order valence-electron chi connectivity index (χ0n) is 15.6. The quantitative estimate of drug-likeness (QED) is 0.640. The third-order valence-corrected chi connectivity index (χ3v) is 5.37. The number of hydrogen-bond donors (Lipinski definition) is 2. The Labute approximate surface area is 159 Å². The van der Waals surface area contributed by atoms with Crippen molar-refractivity contribution < 1.29 is 22.7 Å². The number of rotatable bonds is 9. The van der Waals surface area contributed by atoms with Crippen molar-refractivity contribution in [2.45, 2.75) is 24.7 Å². The van der Waals surface area contributed by atoms with E-state index in [2.05, 4.69) is 10.0 Å². The molecule has 2 aromatic rings. The van der Waals surface area contributed by atoms with E-state index in [1.165, 1.54) is 38.5 Å². The molecule has 0 aliphatic rings. The van der Waals surface area contributed by atoms with E-state index in [-0.39, 0.29) is 10.8 Å². The van der Waals surface area contributed by atoms with E-state index in [9.17, 15) is 13.2 Å². The maximum atomic E-state index is 12.4. The molecule has 146 valence electrons. The minimum atomic E-state index is -3.56. The summed E-state index contributed by atoms with van der Waals surface area (Å²) in [6.07, 6.45) is 1.67. The van der Waals surface area contributed by atoms with Crippen LogP contribution in [0.4, 0.5) is 5.69 Å². The lowest BCUT2D eigenvalue weighted by Crippen LogP contribution is -2.24. The van der Waals surface area contributed by atoms with Gasteiger partial charge in [-0.1, -0.05) is 13.3 Å². The second kappa shape index (κ2) is 9.38. The number of sulfonamides is 1. The number of nitrogens with one attached hydrogen (secondary N) is 2. The molecule has 0 unspecified atom stereocenters. The van der Waals surface area contributed by atoms with Crippen LogP contribution in [0.3, 0.4) is 0 Å². The Morgan fingerprint density at radius 3 is 2.26 bits per heavy atom. The summed E-state index contributed by atoms with van der Waals surface area (Å²) in [6, 6.07) is 10.8. The first kappa shape index (κ1) is 20.7. The molecule has 0 fully saturated rings. The number of methoxy groups -OCH3 is 2. The van der Waals surface area contributed by atoms with Gasteiger partial charge in [-0.15, -0.1) is 0 Å². The lowest BCUT2D eigenvalue weighted by atomic mass is 10.2. The largest absolute Gasteiger partial charge is 0.493 e. The molecule has 0 aliphatic heterocycles. The van der Waals surface area contributed by atoms with Crippen LogP contribution in [0, 0.1) is 0 Å². The zero-order chi connectivity index (χ0) is 19.9. The van der Waals surface area contributed by atoms with Crippen molar-refractivity contribution >= 4 is 21.6 Å². The standard InChI is InChI=1S/C19H24N2O5S/c1-4-5-12-20-27(23,24)16-9-6-14(7-10-16)19(22)21-15-8-11-17(25-2)18(13-15)26-3/h6-11,13,20H,4-5,12H2,1-3H3,(H,21,22). The maximum Gasteiger partial charge on any atom is 0.255 e. The Morgan fingerprint density at radius 2 is 1.67 bits per heavy atom. The average molecular weight is 392 g/mol. The molecule has 0 spiro atoms. The van der Waals surface area contributed by atoms with Gasteiger partial charge in [0.25, 0.3) is 5.91 Å². The first-order valence-electron chi connectivity index (χ1n) is 8.54. The summed E-state index contributed by atoms with van der Waals surface area (Å²) in [5, 5.41) is 2.74. The number of anilines is 1. The highest BCUT2D eigenvalue weighted by Gasteiger charge is 2.15. The first-order chi connectivity index (χ1) is 12.9. The predicted octanol–water partition coefficient (Wildman–Crippen LogP) is 3.03. The predicted molar refractivity (Wildman–Crippen MR) is 104 cm³/mol. The van der Waals surface area contributed by atoms with Gasteiger partial charge < -0.3 is 14.8 Å². The van der Waals surface area contributed by atoms with Gasteiger partial charge in [-0.05, 0) is 42.8 Å². The normalized spacial score (nSPS) is 11.1. The molecule has 7 nitrogen and oxygen atoms in total. The van der Waals surface area contributed by atoms with Crippen molar-refractivity contribution in [1.82, 2.24) is 4.72 Å². The molecular weight excluding hydrogens is 368 g/mol. The van der Waals surface area contributed by atoms with Crippen molar-refractivity contribution in [3.63, 3.8) is 0 Å². The van der Waals surface area contributed by atoms with Gasteiger partial charge in [-0.2, -0.15) is 0 Å². The van der Waals surface area contributed by atoms with Crippen molar-refractivity contribution in [1.29, 1.82) is 0 Å². The lowest BCUT2D eigenvalue weighted by molar-refractivity contribution is 0.102. The summed E-state index contributed by atoms with van der Waals surface area (Å²) in [7, 11) is -0.521. The van der Waals surface area contributed by atoms with E-state index >= 15 is 0 Å². The van der Waals surface area contributed by atoms with Crippen LogP contribution in [-0.4, -0.2) is 35.1 Å². The van der Waals surface area contributed by atoms with Crippen LogP contribution in [-0.2, 0) is 10.0 Å². The fourth-order valence-electron chi connectivity index (χ4n) is 2.37. The van der Waals surface area contributed by atoms with Crippen molar-refractivity contribution in [3.8, 4) is 11.5 Å². The molecule has 0 saturated heterocycles. The third kappa shape index (κ3) is 5.45. The number of ether oxygens (including phenoxy) is 2. The highest BCUT2D eigenvalue weighted by atomic mass is 32.2. The molecule has 0 aromatic heterocycles. The van der Waals surface area contributed by atoms with Gasteiger partial charge in [0.15, 0.2) is 11.5 Å². The first-order valence-corrected chi connectivity index (χ1v) is 10.0. The summed E-state index contributed by atoms with van der Waals surface area (Å²) in [5.41, 5.74) is 0.882. The fourth-order valence-corrected chi connectivity index (χ4v) is 3.44. The van der Waals surface area contributed by atoms with Crippen molar-refractivity contribution in [3.05, 3.63) is 48.0 Å². The minimum absolute atomic E-state index is 0.126. The maximum absolute atomic E-state index is 12.4. The van der Waals surface area contributed by atoms with Crippen LogP contribution < -0.4 is 19.5 Å². The van der Waals surface area contributed by atoms with Crippen molar-refractivity contribution in [2.75, 3.05) is 26.1 Å². The van der Waals surface area contributed by atoms with E-state index in [1.807, 2.05) is 6.92 Å². The summed E-state index contributed by atoms with van der Waals surface area (Å²) in [5.74, 6) is 0.695. The van der Waals surface area contributed by atoms with Gasteiger partial charge in [-0.3, -0.25) is 4.79 Å². The van der Waals surface area contributed by atoms with E-state index in [4.69, 9.17) is 9.47 Å². The van der Waals surface area contributed by atoms with E-state index in [0.29, 0.717) is 29.3 Å². The van der Waals surface area contributed by atoms with Crippen LogP contribution >= 0.6 is 0 Å². The average Bonchev–Trinajstić information content (AvgIpc) is 2.68. The molecule has 2 aromatic carbocycles. The van der Waals surface area contributed by atoms with Gasteiger partial charge in [0.1, 0.15) is 0 Å². The lowest BCUT2D eigenvalue weighted by Gasteiger charge is -2.11. The fraction of sp³-hybridized carbons (Fsp3) is 0.316. The van der Waals surface area contributed by atoms with Gasteiger partial charge in [0, 0.05) is 23.9 Å². The zero-order valence-corrected chi connectivity index (χ0v) is 16.4. The van der Waals surface area contributed by atoms with Crippen molar-refractivity contribution in [2.24, 2.45) is 0 Å². The van der Waals surface area contributed by atoms with Gasteiger partial charge >= 0.3 is 0 Å². The molecule has 0 saturated carbocycles. The van der Waals surface area contributed by atoms with Crippen LogP contribution in [0.2, 0.25) is 0 Å². The molecule has 0 heterocycles. The summed E-state index contributed by atoms with van der Waals surface area (Å²) in [4.78, 5) is 12.5. The molecule has 2 N–H and O–H groups in total. The topological polar surface area (TPSA) is 93.7 Å². The Bertz CT molecular complexity index is 879. The Balaban J connectivity index is 2.09. The molecule has 0 aliphatic carbocycles. The molecule has 8 heteroatoms. The molecule has 1 amide bonds. The second-order valence-electron chi connectivity index (χ2n) is 5.80. The van der Waals surface area contributed by atoms with Gasteiger partial charge in [-0.25, -0.2) is 13.1 Å². The summed E-state index contributed by atoms with van der Waals surface area (Å²) in [6.45, 7) is 2.38. The van der Waals surface area contributed by atoms with Crippen LogP contribution in [0.1, 0.15) is 30.1 Å². The summed E-state index contributed by atoms with van der Waals surface area (Å²) < 4.78 is 37.2. The Kier molecular flexibility index (Phi) is 7.20. The second-order valence-corrected chi connectivity index (χ2v) is 7.57. The van der Waals surface area contributed by atoms with Gasteiger partial charge in [0.05, 0.1) is 19.1 Å². The molecule has 0 bridgehead atoms. The number of hydrogen-bond acceptors (Lipinski definition) is 5.